The van der Waals surface area contributed by atoms with E-state index in [0.29, 0.717) is 18.7 Å². The number of anilines is 2. The van der Waals surface area contributed by atoms with Gasteiger partial charge in [-0.25, -0.2) is 4.79 Å². The molecule has 1 aromatic heterocycles. The van der Waals surface area contributed by atoms with E-state index in [0.717, 1.165) is 86.2 Å². The van der Waals surface area contributed by atoms with Crippen LogP contribution in [0, 0.1) is 0 Å². The van der Waals surface area contributed by atoms with Crippen LogP contribution in [0.3, 0.4) is 0 Å². The predicted octanol–water partition coefficient (Wildman–Crippen LogP) is 3.84. The molecule has 10 heteroatoms. The van der Waals surface area contributed by atoms with Gasteiger partial charge in [0.25, 0.3) is 0 Å². The first-order valence-corrected chi connectivity index (χ1v) is 14.0. The topological polar surface area (TPSA) is 92.3 Å². The van der Waals surface area contributed by atoms with E-state index < -0.39 is 0 Å². The lowest BCUT2D eigenvalue weighted by molar-refractivity contribution is 0.0515. The maximum absolute atomic E-state index is 12.6. The fourth-order valence-corrected chi connectivity index (χ4v) is 5.93. The number of benzene rings is 2. The van der Waals surface area contributed by atoms with Crippen LogP contribution in [0.5, 0.6) is 5.75 Å². The molecule has 0 bridgehead atoms. The van der Waals surface area contributed by atoms with Crippen LogP contribution in [0.15, 0.2) is 60.7 Å². The van der Waals surface area contributed by atoms with Gasteiger partial charge >= 0.3 is 6.09 Å². The minimum Gasteiger partial charge on any atom is -0.467 e. The molecule has 40 heavy (non-hydrogen) atoms. The van der Waals surface area contributed by atoms with Crippen molar-refractivity contribution in [1.29, 1.82) is 0 Å². The molecule has 4 heterocycles. The van der Waals surface area contributed by atoms with Gasteiger partial charge in [-0.3, -0.25) is 4.90 Å². The van der Waals surface area contributed by atoms with Crippen molar-refractivity contribution >= 4 is 17.6 Å². The number of nitrogens with one attached hydrogen (secondary N) is 1. The number of rotatable bonds is 7. The number of piperidine rings is 1. The van der Waals surface area contributed by atoms with Crippen LogP contribution in [0.25, 0.3) is 11.3 Å². The van der Waals surface area contributed by atoms with E-state index >= 15 is 0 Å². The van der Waals surface area contributed by atoms with Crippen LogP contribution >= 0.6 is 0 Å². The first kappa shape index (κ1) is 26.3. The zero-order chi connectivity index (χ0) is 27.3. The van der Waals surface area contributed by atoms with E-state index in [4.69, 9.17) is 14.2 Å². The monoisotopic (exact) mass is 544 g/mol. The van der Waals surface area contributed by atoms with Crippen molar-refractivity contribution in [2.75, 3.05) is 63.4 Å². The van der Waals surface area contributed by atoms with Crippen LogP contribution in [0.1, 0.15) is 18.4 Å². The first-order chi connectivity index (χ1) is 19.7. The summed E-state index contributed by atoms with van der Waals surface area (Å²) in [5.41, 5.74) is 3.76. The number of carbonyl (C=O) groups is 1. The van der Waals surface area contributed by atoms with Crippen molar-refractivity contribution in [1.82, 2.24) is 20.0 Å². The number of hydrogen-bond donors (Lipinski definition) is 1. The highest BCUT2D eigenvalue weighted by Gasteiger charge is 2.36. The van der Waals surface area contributed by atoms with Crippen molar-refractivity contribution in [2.45, 2.75) is 31.5 Å². The molecule has 0 unspecified atom stereocenters. The van der Waals surface area contributed by atoms with Gasteiger partial charge < -0.3 is 29.3 Å². The highest BCUT2D eigenvalue weighted by atomic mass is 16.7. The maximum Gasteiger partial charge on any atom is 0.410 e. The normalized spacial score (nSPS) is 19.4. The average Bonchev–Trinajstić information content (AvgIpc) is 3.02. The third-order valence-electron chi connectivity index (χ3n) is 8.04. The Bertz CT molecular complexity index is 1300. The summed E-state index contributed by atoms with van der Waals surface area (Å²) < 4.78 is 16.4. The second-order valence-corrected chi connectivity index (χ2v) is 10.5. The Balaban J connectivity index is 1.06. The molecule has 3 aliphatic rings. The molecule has 0 radical (unpaired) electrons. The summed E-state index contributed by atoms with van der Waals surface area (Å²) in [7, 11) is 1.61. The summed E-state index contributed by atoms with van der Waals surface area (Å²) in [5.74, 6) is 1.55. The summed E-state index contributed by atoms with van der Waals surface area (Å²) in [6.45, 7) is 5.65. The third kappa shape index (κ3) is 5.68. The number of fused-ring (bicyclic) bond motifs is 3. The summed E-state index contributed by atoms with van der Waals surface area (Å²) in [6.07, 6.45) is 1.71. The molecule has 2 aromatic carbocycles. The summed E-state index contributed by atoms with van der Waals surface area (Å²) >= 11 is 0. The molecular weight excluding hydrogens is 508 g/mol. The second kappa shape index (κ2) is 12.1. The van der Waals surface area contributed by atoms with Gasteiger partial charge in [0.05, 0.1) is 17.4 Å². The molecule has 3 aliphatic heterocycles. The smallest absolute Gasteiger partial charge is 0.410 e. The lowest BCUT2D eigenvalue weighted by Crippen LogP contribution is -2.61. The molecule has 210 valence electrons. The molecule has 1 amide bonds. The van der Waals surface area contributed by atoms with Crippen LogP contribution < -0.4 is 15.0 Å². The Hall–Kier alpha value is -3.89. The zero-order valence-electron chi connectivity index (χ0n) is 22.9. The first-order valence-electron chi connectivity index (χ1n) is 14.0. The number of para-hydroxylation sites is 1. The average molecular weight is 545 g/mol. The van der Waals surface area contributed by atoms with Gasteiger partial charge in [-0.2, -0.15) is 0 Å². The fourth-order valence-electron chi connectivity index (χ4n) is 5.93. The molecular formula is C30H36N6O4. The fraction of sp³-hybridized carbons (Fsp3) is 0.433. The minimum atomic E-state index is -0.216. The quantitative estimate of drug-likeness (QED) is 0.446. The van der Waals surface area contributed by atoms with Gasteiger partial charge in [-0.15, -0.1) is 10.2 Å². The van der Waals surface area contributed by atoms with Crippen molar-refractivity contribution in [3.63, 3.8) is 0 Å². The van der Waals surface area contributed by atoms with Gasteiger partial charge in [0, 0.05) is 58.0 Å². The van der Waals surface area contributed by atoms with E-state index in [1.54, 1.807) is 7.11 Å². The van der Waals surface area contributed by atoms with Crippen molar-refractivity contribution < 1.29 is 19.0 Å². The Morgan fingerprint density at radius 3 is 2.60 bits per heavy atom. The van der Waals surface area contributed by atoms with Gasteiger partial charge in [0.2, 0.25) is 0 Å². The van der Waals surface area contributed by atoms with E-state index in [1.807, 2.05) is 59.5 Å². The van der Waals surface area contributed by atoms with Gasteiger partial charge in [0.1, 0.15) is 12.4 Å². The zero-order valence-corrected chi connectivity index (χ0v) is 22.9. The maximum atomic E-state index is 12.6. The number of amides is 1. The number of hydrogen-bond acceptors (Lipinski definition) is 9. The van der Waals surface area contributed by atoms with E-state index in [9.17, 15) is 4.79 Å². The molecule has 1 N–H and O–H groups in total. The van der Waals surface area contributed by atoms with Crippen molar-refractivity contribution in [3.8, 4) is 17.0 Å². The minimum absolute atomic E-state index is 0.175. The molecule has 0 spiro atoms. The van der Waals surface area contributed by atoms with Gasteiger partial charge in [0.15, 0.2) is 12.6 Å². The molecule has 0 saturated carbocycles. The largest absolute Gasteiger partial charge is 0.467 e. The van der Waals surface area contributed by atoms with E-state index in [-0.39, 0.29) is 12.9 Å². The van der Waals surface area contributed by atoms with E-state index in [1.165, 1.54) is 0 Å². The van der Waals surface area contributed by atoms with Crippen LogP contribution in [0.4, 0.5) is 16.3 Å². The number of methoxy groups -OCH3 is 1. The van der Waals surface area contributed by atoms with Crippen LogP contribution in [0.2, 0.25) is 0 Å². The Morgan fingerprint density at radius 2 is 1.77 bits per heavy atom. The van der Waals surface area contributed by atoms with Crippen molar-refractivity contribution in [2.24, 2.45) is 0 Å². The second-order valence-electron chi connectivity index (χ2n) is 10.5. The molecule has 0 aliphatic carbocycles. The van der Waals surface area contributed by atoms with Crippen molar-refractivity contribution in [3.05, 3.63) is 66.2 Å². The molecule has 3 aromatic rings. The predicted molar refractivity (Wildman–Crippen MR) is 152 cm³/mol. The van der Waals surface area contributed by atoms with Gasteiger partial charge in [-0.05, 0) is 36.6 Å². The number of piperazine rings is 1. The number of carbonyl (C=O) groups excluding carboxylic acids is 1. The SMILES string of the molecule is COCOc1ccccc1-c1cc2c(nn1)NC[C@H]1CN(C3CCN(C(=O)OCc4ccccc4)CC3)CCN21. The Labute approximate surface area is 234 Å². The standard InChI is InChI=1S/C30H36N6O4/c1-38-21-40-28-10-6-5-9-25(28)26-17-27-29(33-32-26)31-18-24-19-35(15-16-36(24)27)23-11-13-34(14-12-23)30(37)39-20-22-7-3-2-4-8-22/h2-10,17,23-24H,11-16,18-21H2,1H3,(H,31,33)/t24-/m0/s1. The number of aromatic nitrogens is 2. The van der Waals surface area contributed by atoms with E-state index in [2.05, 4.69) is 31.4 Å². The molecule has 6 rings (SSSR count). The highest BCUT2D eigenvalue weighted by molar-refractivity contribution is 5.76. The lowest BCUT2D eigenvalue weighted by Gasteiger charge is -2.49. The van der Waals surface area contributed by atoms with Gasteiger partial charge in [-0.1, -0.05) is 42.5 Å². The summed E-state index contributed by atoms with van der Waals surface area (Å²) in [4.78, 5) is 19.5. The van der Waals surface area contributed by atoms with Crippen LogP contribution in [-0.4, -0.2) is 91.3 Å². The lowest BCUT2D eigenvalue weighted by atomic mass is 9.99. The molecule has 2 saturated heterocycles. The van der Waals surface area contributed by atoms with Crippen LogP contribution in [-0.2, 0) is 16.1 Å². The number of likely N-dealkylation sites (tertiary alicyclic amines) is 1. The molecule has 1 atom stereocenters. The molecule has 10 nitrogen and oxygen atoms in total. The highest BCUT2D eigenvalue weighted by Crippen LogP contribution is 2.37. The Kier molecular flexibility index (Phi) is 7.97. The summed E-state index contributed by atoms with van der Waals surface area (Å²) in [6, 6.07) is 20.6. The summed E-state index contributed by atoms with van der Waals surface area (Å²) in [5, 5.41) is 12.5. The molecule has 2 fully saturated rings. The Morgan fingerprint density at radius 1 is 0.975 bits per heavy atom. The number of nitrogens with zero attached hydrogens (tertiary/aromatic N) is 5. The third-order valence-corrected chi connectivity index (χ3v) is 8.04. The number of ether oxygens (including phenoxy) is 3.